The Morgan fingerprint density at radius 1 is 0.535 bits per heavy atom. The molecule has 1 unspecified atom stereocenters. The average Bonchev–Trinajstić information content (AvgIpc) is 3.04. The van der Waals surface area contributed by atoms with E-state index in [-0.39, 0.29) is 6.61 Å². The fourth-order valence-corrected chi connectivity index (χ4v) is 5.98. The minimum Gasteiger partial charge on any atom is -0.374 e. The lowest BCUT2D eigenvalue weighted by Gasteiger charge is -2.46. The van der Waals surface area contributed by atoms with E-state index in [0.29, 0.717) is 32.2 Å². The van der Waals surface area contributed by atoms with Crippen LogP contribution in [0, 0.1) is 0 Å². The van der Waals surface area contributed by atoms with Gasteiger partial charge in [0.05, 0.1) is 44.9 Å². The van der Waals surface area contributed by atoms with Gasteiger partial charge >= 0.3 is 0 Å². The van der Waals surface area contributed by atoms with Crippen molar-refractivity contribution in [2.75, 3.05) is 18.6 Å². The van der Waals surface area contributed by atoms with E-state index in [1.54, 1.807) is 6.26 Å². The molecule has 6 nitrogen and oxygen atoms in total. The molecule has 0 aliphatic carbocycles. The molecule has 4 aromatic rings. The van der Waals surface area contributed by atoms with Gasteiger partial charge in [-0.1, -0.05) is 121 Å². The lowest BCUT2D eigenvalue weighted by Crippen LogP contribution is -2.62. The van der Waals surface area contributed by atoms with Crippen LogP contribution >= 0.6 is 0 Å². The van der Waals surface area contributed by atoms with Gasteiger partial charge in [0.15, 0.2) is 0 Å². The molecular weight excluding hydrogens is 560 g/mol. The van der Waals surface area contributed by atoms with Crippen LogP contribution < -0.4 is 0 Å². The number of rotatable bonds is 15. The van der Waals surface area contributed by atoms with Crippen LogP contribution in [0.5, 0.6) is 0 Å². The van der Waals surface area contributed by atoms with Crippen molar-refractivity contribution in [3.63, 3.8) is 0 Å². The quantitative estimate of drug-likeness (QED) is 0.164. The van der Waals surface area contributed by atoms with Crippen LogP contribution in [-0.4, -0.2) is 53.3 Å². The molecule has 0 aromatic heterocycles. The average molecular weight is 601 g/mol. The summed E-state index contributed by atoms with van der Waals surface area (Å²) in [6.45, 7) is 1.86. The number of ether oxygens (including phenoxy) is 5. The Morgan fingerprint density at radius 3 is 1.33 bits per heavy atom. The van der Waals surface area contributed by atoms with Gasteiger partial charge < -0.3 is 23.7 Å². The zero-order valence-corrected chi connectivity index (χ0v) is 25.4. The molecule has 0 N–H and O–H groups in total. The van der Waals surface area contributed by atoms with E-state index in [1.165, 1.54) is 0 Å². The van der Waals surface area contributed by atoms with Crippen LogP contribution in [0.2, 0.25) is 0 Å². The SMILES string of the molecule is CS(=O)C[C@@H]1O[C@H](COCc2ccccc2)[C@@H](OCc2ccccc2)[C@H](OCc2ccccc2)[C@H]1OCc1ccccc1. The first-order chi connectivity index (χ1) is 21.2. The normalized spacial score (nSPS) is 22.7. The molecule has 0 bridgehead atoms. The molecular formula is C36H40O6S. The lowest BCUT2D eigenvalue weighted by atomic mass is 9.94. The van der Waals surface area contributed by atoms with Crippen molar-refractivity contribution in [2.24, 2.45) is 0 Å². The third-order valence-electron chi connectivity index (χ3n) is 7.38. The van der Waals surface area contributed by atoms with Crippen LogP contribution in [0.3, 0.4) is 0 Å². The maximum absolute atomic E-state index is 12.6. The van der Waals surface area contributed by atoms with Gasteiger partial charge in [-0.3, -0.25) is 4.21 Å². The Hall–Kier alpha value is -3.17. The van der Waals surface area contributed by atoms with Gasteiger partial charge in [-0.05, 0) is 22.3 Å². The van der Waals surface area contributed by atoms with Crippen LogP contribution in [0.1, 0.15) is 22.3 Å². The number of hydrogen-bond acceptors (Lipinski definition) is 6. The Morgan fingerprint density at radius 2 is 0.907 bits per heavy atom. The van der Waals surface area contributed by atoms with Crippen molar-refractivity contribution in [1.82, 2.24) is 0 Å². The van der Waals surface area contributed by atoms with Gasteiger partial charge in [-0.15, -0.1) is 0 Å². The smallest absolute Gasteiger partial charge is 0.115 e. The van der Waals surface area contributed by atoms with Crippen LogP contribution in [0.15, 0.2) is 121 Å². The first-order valence-corrected chi connectivity index (χ1v) is 16.4. The highest BCUT2D eigenvalue weighted by atomic mass is 32.2. The summed E-state index contributed by atoms with van der Waals surface area (Å²) < 4.78 is 45.4. The van der Waals surface area contributed by atoms with Crippen molar-refractivity contribution in [1.29, 1.82) is 0 Å². The van der Waals surface area contributed by atoms with Crippen molar-refractivity contribution >= 4 is 10.8 Å². The molecule has 1 heterocycles. The monoisotopic (exact) mass is 600 g/mol. The van der Waals surface area contributed by atoms with E-state index in [1.807, 2.05) is 121 Å². The minimum atomic E-state index is -1.12. The largest absolute Gasteiger partial charge is 0.374 e. The molecule has 4 aromatic carbocycles. The second-order valence-electron chi connectivity index (χ2n) is 10.7. The Kier molecular flexibility index (Phi) is 12.1. The molecule has 7 heteroatoms. The third-order valence-corrected chi connectivity index (χ3v) is 8.18. The van der Waals surface area contributed by atoms with Crippen LogP contribution in [0.4, 0.5) is 0 Å². The van der Waals surface area contributed by atoms with Gasteiger partial charge in [0, 0.05) is 17.1 Å². The summed E-state index contributed by atoms with van der Waals surface area (Å²) in [7, 11) is -1.12. The molecule has 5 rings (SSSR count). The first-order valence-electron chi connectivity index (χ1n) is 14.7. The maximum Gasteiger partial charge on any atom is 0.115 e. The van der Waals surface area contributed by atoms with Crippen LogP contribution in [-0.2, 0) is 60.9 Å². The van der Waals surface area contributed by atoms with Crippen molar-refractivity contribution in [3.8, 4) is 0 Å². The van der Waals surface area contributed by atoms with Crippen molar-refractivity contribution in [2.45, 2.75) is 56.9 Å². The summed E-state index contributed by atoms with van der Waals surface area (Å²) in [5.74, 6) is 0.311. The molecule has 0 spiro atoms. The molecule has 1 fully saturated rings. The predicted octanol–water partition coefficient (Wildman–Crippen LogP) is 6.11. The number of hydrogen-bond donors (Lipinski definition) is 0. The molecule has 0 amide bonds. The summed E-state index contributed by atoms with van der Waals surface area (Å²) in [4.78, 5) is 0. The Bertz CT molecular complexity index is 1360. The van der Waals surface area contributed by atoms with E-state index in [2.05, 4.69) is 0 Å². The zero-order chi connectivity index (χ0) is 29.7. The summed E-state index contributed by atoms with van der Waals surface area (Å²) in [5, 5.41) is 0. The summed E-state index contributed by atoms with van der Waals surface area (Å²) in [6.07, 6.45) is -0.757. The first kappa shape index (κ1) is 31.3. The minimum absolute atomic E-state index is 0.289. The zero-order valence-electron chi connectivity index (χ0n) is 24.5. The van der Waals surface area contributed by atoms with E-state index >= 15 is 0 Å². The molecule has 6 atom stereocenters. The topological polar surface area (TPSA) is 63.2 Å². The molecule has 1 aliphatic heterocycles. The molecule has 0 radical (unpaired) electrons. The molecule has 0 saturated carbocycles. The molecule has 1 aliphatic rings. The highest BCUT2D eigenvalue weighted by Gasteiger charge is 2.48. The Balaban J connectivity index is 1.42. The van der Waals surface area contributed by atoms with E-state index < -0.39 is 41.3 Å². The second-order valence-corrected chi connectivity index (χ2v) is 12.2. The van der Waals surface area contributed by atoms with Crippen LogP contribution in [0.25, 0.3) is 0 Å². The van der Waals surface area contributed by atoms with Gasteiger partial charge in [-0.25, -0.2) is 0 Å². The molecule has 226 valence electrons. The van der Waals surface area contributed by atoms with Gasteiger partial charge in [-0.2, -0.15) is 0 Å². The fraction of sp³-hybridized carbons (Fsp3) is 0.333. The molecule has 43 heavy (non-hydrogen) atoms. The van der Waals surface area contributed by atoms with Gasteiger partial charge in [0.25, 0.3) is 0 Å². The molecule has 1 saturated heterocycles. The van der Waals surface area contributed by atoms with E-state index in [4.69, 9.17) is 23.7 Å². The van der Waals surface area contributed by atoms with Crippen molar-refractivity contribution < 1.29 is 27.9 Å². The summed E-state index contributed by atoms with van der Waals surface area (Å²) in [6, 6.07) is 40.2. The fourth-order valence-electron chi connectivity index (χ4n) is 5.25. The Labute approximate surface area is 257 Å². The van der Waals surface area contributed by atoms with Crippen molar-refractivity contribution in [3.05, 3.63) is 144 Å². The number of benzene rings is 4. The third kappa shape index (κ3) is 9.66. The van der Waals surface area contributed by atoms with E-state index in [0.717, 1.165) is 22.3 Å². The summed E-state index contributed by atoms with van der Waals surface area (Å²) >= 11 is 0. The standard InChI is InChI=1S/C36H40O6S/c1-43(37)27-33-35(40-24-30-18-10-4-11-19-30)36(41-25-31-20-12-5-13-21-31)34(39-23-29-16-8-3-9-17-29)32(42-33)26-38-22-28-14-6-2-7-15-28/h2-21,32-36H,22-27H2,1H3/t32-,33+,34-,35+,36+,43?/m1/s1. The lowest BCUT2D eigenvalue weighted by molar-refractivity contribution is -0.268. The second kappa shape index (κ2) is 16.6. The highest BCUT2D eigenvalue weighted by Crippen LogP contribution is 2.31. The highest BCUT2D eigenvalue weighted by molar-refractivity contribution is 7.84. The predicted molar refractivity (Wildman–Crippen MR) is 169 cm³/mol. The maximum atomic E-state index is 12.6. The summed E-state index contributed by atoms with van der Waals surface area (Å²) in [5.41, 5.74) is 4.21. The van der Waals surface area contributed by atoms with Gasteiger partial charge in [0.2, 0.25) is 0 Å². The van der Waals surface area contributed by atoms with E-state index in [9.17, 15) is 4.21 Å². The van der Waals surface area contributed by atoms with Gasteiger partial charge in [0.1, 0.15) is 24.4 Å².